The van der Waals surface area contributed by atoms with E-state index in [0.717, 1.165) is 10.0 Å². The summed E-state index contributed by atoms with van der Waals surface area (Å²) < 4.78 is 1.03. The third-order valence-corrected chi connectivity index (χ3v) is 4.59. The highest BCUT2D eigenvalue weighted by molar-refractivity contribution is 9.10. The highest BCUT2D eigenvalue weighted by Crippen LogP contribution is 2.25. The number of pyridine rings is 1. The number of halogens is 1. The van der Waals surface area contributed by atoms with Crippen LogP contribution in [0.3, 0.4) is 0 Å². The molecule has 106 valence electrons. The maximum Gasteiger partial charge on any atom is 0.239 e. The average molecular weight is 362 g/mol. The summed E-state index contributed by atoms with van der Waals surface area (Å²) in [7, 11) is 0. The van der Waals surface area contributed by atoms with Crippen molar-refractivity contribution in [1.29, 1.82) is 0 Å². The zero-order valence-corrected chi connectivity index (χ0v) is 13.4. The summed E-state index contributed by atoms with van der Waals surface area (Å²) >= 11 is 4.86. The lowest BCUT2D eigenvalue weighted by Gasteiger charge is -2.05. The van der Waals surface area contributed by atoms with Gasteiger partial charge in [-0.3, -0.25) is 4.79 Å². The second kappa shape index (κ2) is 6.41. The fourth-order valence-corrected chi connectivity index (χ4v) is 3.23. The van der Waals surface area contributed by atoms with Crippen LogP contribution in [0.25, 0.3) is 0 Å². The normalized spacial score (nSPS) is 19.8. The van der Waals surface area contributed by atoms with Gasteiger partial charge in [0.15, 0.2) is 11.0 Å². The van der Waals surface area contributed by atoms with Gasteiger partial charge in [0, 0.05) is 10.7 Å². The summed E-state index contributed by atoms with van der Waals surface area (Å²) in [6, 6.07) is 13.5. The molecule has 0 saturated carbocycles. The van der Waals surface area contributed by atoms with Gasteiger partial charge in [0.25, 0.3) is 0 Å². The molecule has 1 aliphatic rings. The van der Waals surface area contributed by atoms with Crippen molar-refractivity contribution in [2.45, 2.75) is 11.7 Å². The lowest BCUT2D eigenvalue weighted by Crippen LogP contribution is -2.25. The molecule has 2 heterocycles. The molecule has 1 atom stereocenters. The Labute approximate surface area is 135 Å². The number of hydrogen-bond donors (Lipinski definition) is 1. The van der Waals surface area contributed by atoms with E-state index in [9.17, 15) is 4.79 Å². The van der Waals surface area contributed by atoms with E-state index < -0.39 is 0 Å². The van der Waals surface area contributed by atoms with E-state index in [1.807, 2.05) is 42.5 Å². The van der Waals surface area contributed by atoms with E-state index >= 15 is 0 Å². The molecule has 6 heteroatoms. The zero-order chi connectivity index (χ0) is 14.7. The van der Waals surface area contributed by atoms with Gasteiger partial charge in [-0.2, -0.15) is 0 Å². The molecule has 1 saturated heterocycles. The molecule has 0 radical (unpaired) electrons. The van der Waals surface area contributed by atoms with Gasteiger partial charge in [-0.15, -0.1) is 0 Å². The number of thioether (sulfide) groups is 1. The van der Waals surface area contributed by atoms with Crippen LogP contribution in [0.4, 0.5) is 5.82 Å². The van der Waals surface area contributed by atoms with E-state index in [1.54, 1.807) is 6.20 Å². The molecule has 1 aromatic heterocycles. The average Bonchev–Trinajstić information content (AvgIpc) is 2.82. The molecule has 0 bridgehead atoms. The van der Waals surface area contributed by atoms with Crippen LogP contribution in [0, 0.1) is 0 Å². The fourth-order valence-electron chi connectivity index (χ4n) is 1.95. The van der Waals surface area contributed by atoms with Gasteiger partial charge in [0.2, 0.25) is 5.91 Å². The number of benzene rings is 1. The molecule has 0 spiro atoms. The minimum atomic E-state index is -0.145. The predicted molar refractivity (Wildman–Crippen MR) is 88.7 cm³/mol. The third-order valence-electron chi connectivity index (χ3n) is 2.98. The molecule has 0 aliphatic carbocycles. The van der Waals surface area contributed by atoms with Crippen molar-refractivity contribution < 1.29 is 4.79 Å². The smallest absolute Gasteiger partial charge is 0.239 e. The van der Waals surface area contributed by atoms with Gasteiger partial charge in [-0.05, 0) is 36.2 Å². The lowest BCUT2D eigenvalue weighted by atomic mass is 10.1. The van der Waals surface area contributed by atoms with E-state index in [-0.39, 0.29) is 11.2 Å². The van der Waals surface area contributed by atoms with Gasteiger partial charge in [-0.1, -0.05) is 45.9 Å². The highest BCUT2D eigenvalue weighted by atomic mass is 79.9. The molecule has 3 rings (SSSR count). The third kappa shape index (κ3) is 3.71. The minimum Gasteiger partial charge on any atom is -0.304 e. The molecule has 1 aromatic carbocycles. The van der Waals surface area contributed by atoms with Crippen LogP contribution in [0.1, 0.15) is 5.56 Å². The van der Waals surface area contributed by atoms with E-state index in [0.29, 0.717) is 17.4 Å². The number of amides is 1. The Morgan fingerprint density at radius 2 is 2.05 bits per heavy atom. The Morgan fingerprint density at radius 3 is 2.76 bits per heavy atom. The molecule has 2 aromatic rings. The Balaban J connectivity index is 1.70. The molecule has 1 fully saturated rings. The van der Waals surface area contributed by atoms with Crippen molar-refractivity contribution >= 4 is 44.6 Å². The van der Waals surface area contributed by atoms with Crippen LogP contribution >= 0.6 is 27.7 Å². The van der Waals surface area contributed by atoms with Gasteiger partial charge in [0.1, 0.15) is 0 Å². The maximum atomic E-state index is 12.0. The summed E-state index contributed by atoms with van der Waals surface area (Å²) in [4.78, 5) is 20.5. The van der Waals surface area contributed by atoms with Crippen LogP contribution in [0.5, 0.6) is 0 Å². The monoisotopic (exact) mass is 361 g/mol. The topological polar surface area (TPSA) is 54.4 Å². The Bertz CT molecular complexity index is 673. The van der Waals surface area contributed by atoms with Crippen LogP contribution in [0.2, 0.25) is 0 Å². The van der Waals surface area contributed by atoms with Crippen LogP contribution in [-0.2, 0) is 11.2 Å². The summed E-state index contributed by atoms with van der Waals surface area (Å²) in [5, 5.41) is 3.28. The van der Waals surface area contributed by atoms with Gasteiger partial charge in [-0.25, -0.2) is 9.98 Å². The predicted octanol–water partition coefficient (Wildman–Crippen LogP) is 3.31. The summed E-state index contributed by atoms with van der Waals surface area (Å²) in [5.41, 5.74) is 1.13. The first kappa shape index (κ1) is 14.3. The largest absolute Gasteiger partial charge is 0.304 e. The Hall–Kier alpha value is -1.66. The number of aromatic nitrogens is 1. The number of rotatable bonds is 3. The Morgan fingerprint density at radius 1 is 1.24 bits per heavy atom. The SMILES string of the molecule is O=C1NC(=Nc2ccccn2)S[C@@H]1Cc1ccc(Br)cc1. The summed E-state index contributed by atoms with van der Waals surface area (Å²) in [5.74, 6) is 0.599. The first-order chi connectivity index (χ1) is 10.2. The zero-order valence-electron chi connectivity index (χ0n) is 11.0. The Kier molecular flexibility index (Phi) is 4.36. The fraction of sp³-hybridized carbons (Fsp3) is 0.133. The number of carbonyl (C=O) groups excluding carboxylic acids is 1. The number of nitrogens with one attached hydrogen (secondary N) is 1. The first-order valence-corrected chi connectivity index (χ1v) is 8.10. The molecule has 0 unspecified atom stereocenters. The van der Waals surface area contributed by atoms with E-state index in [2.05, 4.69) is 31.2 Å². The van der Waals surface area contributed by atoms with Crippen LogP contribution in [0.15, 0.2) is 58.1 Å². The van der Waals surface area contributed by atoms with Crippen molar-refractivity contribution in [1.82, 2.24) is 10.3 Å². The number of nitrogens with zero attached hydrogens (tertiary/aromatic N) is 2. The molecule has 4 nitrogen and oxygen atoms in total. The molecule has 1 N–H and O–H groups in total. The van der Waals surface area contributed by atoms with Crippen molar-refractivity contribution in [2.75, 3.05) is 0 Å². The van der Waals surface area contributed by atoms with Gasteiger partial charge < -0.3 is 5.32 Å². The molecular weight excluding hydrogens is 350 g/mol. The van der Waals surface area contributed by atoms with Crippen molar-refractivity contribution in [3.05, 3.63) is 58.7 Å². The summed E-state index contributed by atoms with van der Waals surface area (Å²) in [6.07, 6.45) is 2.37. The standard InChI is InChI=1S/C15H12BrN3OS/c16-11-6-4-10(5-7-11)9-12-14(20)19-15(21-12)18-13-3-1-2-8-17-13/h1-8,12H,9H2,(H,17,18,19,20)/t12-/m1/s1. The number of hydrogen-bond acceptors (Lipinski definition) is 4. The quantitative estimate of drug-likeness (QED) is 0.912. The van der Waals surface area contributed by atoms with Crippen molar-refractivity contribution in [3.8, 4) is 0 Å². The second-order valence-electron chi connectivity index (χ2n) is 4.53. The van der Waals surface area contributed by atoms with Crippen LogP contribution in [-0.4, -0.2) is 21.3 Å². The number of carbonyl (C=O) groups is 1. The van der Waals surface area contributed by atoms with E-state index in [4.69, 9.17) is 0 Å². The maximum absolute atomic E-state index is 12.0. The molecule has 21 heavy (non-hydrogen) atoms. The van der Waals surface area contributed by atoms with Gasteiger partial charge >= 0.3 is 0 Å². The molecule has 1 amide bonds. The molecular formula is C15H12BrN3OS. The minimum absolute atomic E-state index is 0.00222. The second-order valence-corrected chi connectivity index (χ2v) is 6.64. The lowest BCUT2D eigenvalue weighted by molar-refractivity contribution is -0.118. The molecule has 1 aliphatic heterocycles. The van der Waals surface area contributed by atoms with Gasteiger partial charge in [0.05, 0.1) is 5.25 Å². The highest BCUT2D eigenvalue weighted by Gasteiger charge is 2.30. The first-order valence-electron chi connectivity index (χ1n) is 6.42. The number of aliphatic imine (C=N–C) groups is 1. The number of amidine groups is 1. The van der Waals surface area contributed by atoms with E-state index in [1.165, 1.54) is 11.8 Å². The van der Waals surface area contributed by atoms with Crippen molar-refractivity contribution in [2.24, 2.45) is 4.99 Å². The van der Waals surface area contributed by atoms with Crippen molar-refractivity contribution in [3.63, 3.8) is 0 Å². The van der Waals surface area contributed by atoms with Crippen LogP contribution < -0.4 is 5.32 Å². The summed E-state index contributed by atoms with van der Waals surface area (Å²) in [6.45, 7) is 0.